The summed E-state index contributed by atoms with van der Waals surface area (Å²) in [6, 6.07) is 5.66. The van der Waals surface area contributed by atoms with Crippen LogP contribution in [0.3, 0.4) is 0 Å². The van der Waals surface area contributed by atoms with E-state index in [-0.39, 0.29) is 21.2 Å². The summed E-state index contributed by atoms with van der Waals surface area (Å²) < 4.78 is 54.0. The quantitative estimate of drug-likeness (QED) is 0.762. The van der Waals surface area contributed by atoms with Gasteiger partial charge in [-0.25, -0.2) is 8.42 Å². The Morgan fingerprint density at radius 2 is 1.50 bits per heavy atom. The Labute approximate surface area is 158 Å². The standard InChI is InChI=1S/C16H20ClN3O4S2/c1-12-16(26(23,24)19-10-4-3-5-11-19)13(2)20(18-12)25(21,22)15-8-6-14(17)7-9-15/h6-9H,3-5,10-11H2,1-2H3. The highest BCUT2D eigenvalue weighted by Gasteiger charge is 2.34. The Bertz CT molecular complexity index is 1020. The molecule has 0 unspecified atom stereocenters. The molecule has 0 amide bonds. The molecule has 0 N–H and O–H groups in total. The average Bonchev–Trinajstić information content (AvgIpc) is 2.92. The lowest BCUT2D eigenvalue weighted by molar-refractivity contribution is 0.346. The molecule has 1 aliphatic rings. The zero-order valence-electron chi connectivity index (χ0n) is 14.5. The van der Waals surface area contributed by atoms with Gasteiger partial charge in [0.1, 0.15) is 4.90 Å². The van der Waals surface area contributed by atoms with E-state index in [1.165, 1.54) is 42.4 Å². The van der Waals surface area contributed by atoms with Gasteiger partial charge in [0.2, 0.25) is 10.0 Å². The van der Waals surface area contributed by atoms with Crippen molar-refractivity contribution in [2.24, 2.45) is 0 Å². The van der Waals surface area contributed by atoms with Crippen LogP contribution < -0.4 is 0 Å². The fraction of sp³-hybridized carbons (Fsp3) is 0.438. The van der Waals surface area contributed by atoms with Crippen molar-refractivity contribution < 1.29 is 16.8 Å². The number of nitrogens with zero attached hydrogens (tertiary/aromatic N) is 3. The van der Waals surface area contributed by atoms with Crippen molar-refractivity contribution in [2.75, 3.05) is 13.1 Å². The molecule has 0 radical (unpaired) electrons. The van der Waals surface area contributed by atoms with Crippen LogP contribution in [0.15, 0.2) is 34.1 Å². The van der Waals surface area contributed by atoms with E-state index < -0.39 is 20.0 Å². The molecule has 1 fully saturated rings. The molecule has 3 rings (SSSR count). The number of piperidine rings is 1. The molecule has 2 heterocycles. The van der Waals surface area contributed by atoms with Crippen LogP contribution >= 0.6 is 11.6 Å². The maximum atomic E-state index is 13.0. The molecule has 0 bridgehead atoms. The molecule has 142 valence electrons. The summed E-state index contributed by atoms with van der Waals surface area (Å²) in [6.45, 7) is 3.86. The van der Waals surface area contributed by atoms with E-state index in [0.29, 0.717) is 18.1 Å². The third-order valence-corrected chi connectivity index (χ3v) is 8.52. The molecule has 0 atom stereocenters. The molecule has 26 heavy (non-hydrogen) atoms. The Balaban J connectivity index is 2.10. The first-order valence-electron chi connectivity index (χ1n) is 8.23. The maximum Gasteiger partial charge on any atom is 0.283 e. The molecular weight excluding hydrogens is 398 g/mol. The normalized spacial score (nSPS) is 16.7. The van der Waals surface area contributed by atoms with E-state index in [1.807, 2.05) is 0 Å². The van der Waals surface area contributed by atoms with Gasteiger partial charge in [0.15, 0.2) is 0 Å². The van der Waals surface area contributed by atoms with Crippen LogP contribution in [0.1, 0.15) is 30.7 Å². The summed E-state index contributed by atoms with van der Waals surface area (Å²) in [5, 5.41) is 4.44. The van der Waals surface area contributed by atoms with Crippen molar-refractivity contribution in [3.05, 3.63) is 40.7 Å². The van der Waals surface area contributed by atoms with Crippen LogP contribution in [-0.4, -0.2) is 43.4 Å². The first-order chi connectivity index (χ1) is 12.2. The predicted octanol–water partition coefficient (Wildman–Crippen LogP) is 2.56. The summed E-state index contributed by atoms with van der Waals surface area (Å²) in [7, 11) is -7.80. The predicted molar refractivity (Wildman–Crippen MR) is 98.3 cm³/mol. The van der Waals surface area contributed by atoms with Crippen LogP contribution in [0.4, 0.5) is 0 Å². The third-order valence-electron chi connectivity index (χ3n) is 4.44. The largest absolute Gasteiger partial charge is 0.283 e. The molecule has 1 saturated heterocycles. The number of aromatic nitrogens is 2. The molecule has 1 aliphatic heterocycles. The van der Waals surface area contributed by atoms with Gasteiger partial charge in [0.25, 0.3) is 10.0 Å². The van der Waals surface area contributed by atoms with Crippen LogP contribution in [0.2, 0.25) is 5.02 Å². The Hall–Kier alpha value is -1.42. The highest BCUT2D eigenvalue weighted by atomic mass is 35.5. The molecule has 0 saturated carbocycles. The van der Waals surface area contributed by atoms with Gasteiger partial charge in [-0.3, -0.25) is 0 Å². The van der Waals surface area contributed by atoms with Crippen molar-refractivity contribution in [1.29, 1.82) is 0 Å². The van der Waals surface area contributed by atoms with Crippen LogP contribution in [-0.2, 0) is 20.0 Å². The van der Waals surface area contributed by atoms with Gasteiger partial charge in [-0.2, -0.15) is 21.9 Å². The summed E-state index contributed by atoms with van der Waals surface area (Å²) in [5.41, 5.74) is 0.258. The first kappa shape index (κ1) is 19.3. The second-order valence-electron chi connectivity index (χ2n) is 6.27. The van der Waals surface area contributed by atoms with Crippen LogP contribution in [0, 0.1) is 13.8 Å². The molecule has 1 aromatic carbocycles. The Morgan fingerprint density at radius 3 is 2.08 bits per heavy atom. The number of aryl methyl sites for hydroxylation is 1. The van der Waals surface area contributed by atoms with Gasteiger partial charge in [-0.15, -0.1) is 0 Å². The molecule has 7 nitrogen and oxygen atoms in total. The van der Waals surface area contributed by atoms with Gasteiger partial charge in [0, 0.05) is 18.1 Å². The SMILES string of the molecule is Cc1nn(S(=O)(=O)c2ccc(Cl)cc2)c(C)c1S(=O)(=O)N1CCCCC1. The lowest BCUT2D eigenvalue weighted by Crippen LogP contribution is -2.36. The minimum absolute atomic E-state index is 0.00517. The van der Waals surface area contributed by atoms with Gasteiger partial charge in [-0.1, -0.05) is 18.0 Å². The second-order valence-corrected chi connectivity index (χ2v) is 10.3. The minimum atomic E-state index is -4.02. The summed E-state index contributed by atoms with van der Waals surface area (Å²) >= 11 is 5.81. The van der Waals surface area contributed by atoms with E-state index in [4.69, 9.17) is 11.6 Å². The minimum Gasteiger partial charge on any atom is -0.207 e. The van der Waals surface area contributed by atoms with Gasteiger partial charge in [-0.05, 0) is 51.0 Å². The van der Waals surface area contributed by atoms with E-state index in [2.05, 4.69) is 5.10 Å². The molecule has 1 aromatic heterocycles. The summed E-state index contributed by atoms with van der Waals surface area (Å²) in [6.07, 6.45) is 2.59. The molecule has 0 spiro atoms. The average molecular weight is 418 g/mol. The van der Waals surface area contributed by atoms with Gasteiger partial charge < -0.3 is 0 Å². The summed E-state index contributed by atoms with van der Waals surface area (Å²) in [4.78, 5) is -0.0358. The number of hydrogen-bond donors (Lipinski definition) is 0. The van der Waals surface area contributed by atoms with Crippen molar-refractivity contribution in [2.45, 2.75) is 42.9 Å². The highest BCUT2D eigenvalue weighted by molar-refractivity contribution is 7.90. The number of benzene rings is 1. The van der Waals surface area contributed by atoms with Crippen LogP contribution in [0.25, 0.3) is 0 Å². The van der Waals surface area contributed by atoms with Crippen molar-refractivity contribution in [3.8, 4) is 0 Å². The number of hydrogen-bond acceptors (Lipinski definition) is 5. The molecule has 0 aliphatic carbocycles. The van der Waals surface area contributed by atoms with Gasteiger partial charge >= 0.3 is 0 Å². The van der Waals surface area contributed by atoms with Crippen molar-refractivity contribution in [3.63, 3.8) is 0 Å². The Kier molecular flexibility index (Phi) is 5.17. The van der Waals surface area contributed by atoms with Crippen LogP contribution in [0.5, 0.6) is 0 Å². The first-order valence-corrected chi connectivity index (χ1v) is 11.5. The fourth-order valence-corrected chi connectivity index (χ4v) is 6.57. The fourth-order valence-electron chi connectivity index (χ4n) is 3.15. The van der Waals surface area contributed by atoms with E-state index in [1.54, 1.807) is 0 Å². The zero-order valence-corrected chi connectivity index (χ0v) is 16.9. The maximum absolute atomic E-state index is 13.0. The third kappa shape index (κ3) is 3.28. The molecular formula is C16H20ClN3O4S2. The van der Waals surface area contributed by atoms with Crippen molar-refractivity contribution >= 4 is 31.6 Å². The highest BCUT2D eigenvalue weighted by Crippen LogP contribution is 2.28. The van der Waals surface area contributed by atoms with E-state index >= 15 is 0 Å². The summed E-state index contributed by atoms with van der Waals surface area (Å²) in [5.74, 6) is 0. The van der Waals surface area contributed by atoms with Gasteiger partial charge in [0.05, 0.1) is 16.3 Å². The topological polar surface area (TPSA) is 89.3 Å². The number of sulfonamides is 1. The van der Waals surface area contributed by atoms with E-state index in [0.717, 1.165) is 23.3 Å². The lowest BCUT2D eigenvalue weighted by Gasteiger charge is -2.25. The van der Waals surface area contributed by atoms with Crippen molar-refractivity contribution in [1.82, 2.24) is 13.5 Å². The van der Waals surface area contributed by atoms with E-state index in [9.17, 15) is 16.8 Å². The zero-order chi connectivity index (χ0) is 19.1. The number of halogens is 1. The smallest absolute Gasteiger partial charge is 0.207 e. The lowest BCUT2D eigenvalue weighted by atomic mass is 10.2. The monoisotopic (exact) mass is 417 g/mol. The molecule has 2 aromatic rings. The Morgan fingerprint density at radius 1 is 0.923 bits per heavy atom. The molecule has 10 heteroatoms. The number of rotatable bonds is 4. The second kappa shape index (κ2) is 6.95.